The van der Waals surface area contributed by atoms with E-state index in [2.05, 4.69) is 0 Å². The summed E-state index contributed by atoms with van der Waals surface area (Å²) in [7, 11) is -8.01. The molecule has 0 bridgehead atoms. The molecule has 0 unspecified atom stereocenters. The molecular formula is C8H18BaO6S2. The first-order chi connectivity index (χ1) is 6.96. The maximum absolute atomic E-state index is 10.0. The monoisotopic (exact) mass is 412 g/mol. The zero-order valence-corrected chi connectivity index (χ0v) is 16.6. The summed E-state index contributed by atoms with van der Waals surface area (Å²) in [6.45, 7) is 6.14. The second kappa shape index (κ2) is 10.2. The van der Waals surface area contributed by atoms with Crippen LogP contribution in [0.15, 0.2) is 0 Å². The Kier molecular flexibility index (Phi) is 14.1. The van der Waals surface area contributed by atoms with E-state index >= 15 is 0 Å². The molecular weight excluding hydrogens is 394 g/mol. The molecule has 6 nitrogen and oxygen atoms in total. The zero-order chi connectivity index (χ0) is 13.6. The molecule has 0 aromatic carbocycles. The Morgan fingerprint density at radius 2 is 1.00 bits per heavy atom. The summed E-state index contributed by atoms with van der Waals surface area (Å²) in [5.41, 5.74) is 0. The minimum absolute atomic E-state index is 0. The SMILES string of the molecule is CC[C@H](C)S(=O)(=O)[O-].CC[C@H](C)S(=O)(=O)[O-].[Ba+2]. The van der Waals surface area contributed by atoms with Gasteiger partial charge in [0.2, 0.25) is 0 Å². The topological polar surface area (TPSA) is 114 Å². The molecule has 0 rings (SSSR count). The normalized spacial score (nSPS) is 14.9. The van der Waals surface area contributed by atoms with E-state index in [0.717, 1.165) is 0 Å². The number of hydrogen-bond acceptors (Lipinski definition) is 6. The first-order valence-corrected chi connectivity index (χ1v) is 7.80. The minimum atomic E-state index is -4.00. The molecule has 0 fully saturated rings. The van der Waals surface area contributed by atoms with Gasteiger partial charge in [0.05, 0.1) is 20.2 Å². The smallest absolute Gasteiger partial charge is 0.748 e. The number of hydrogen-bond donors (Lipinski definition) is 0. The van der Waals surface area contributed by atoms with E-state index in [9.17, 15) is 25.9 Å². The molecule has 0 aliphatic heterocycles. The predicted octanol–water partition coefficient (Wildman–Crippen LogP) is 0.279. The fraction of sp³-hybridized carbons (Fsp3) is 1.00. The molecule has 0 heterocycles. The second-order valence-electron chi connectivity index (χ2n) is 3.42. The largest absolute Gasteiger partial charge is 2.00 e. The van der Waals surface area contributed by atoms with Crippen molar-refractivity contribution in [2.24, 2.45) is 0 Å². The van der Waals surface area contributed by atoms with E-state index in [1.54, 1.807) is 13.8 Å². The summed E-state index contributed by atoms with van der Waals surface area (Å²) in [5.74, 6) is 0. The summed E-state index contributed by atoms with van der Waals surface area (Å²) >= 11 is 0. The number of rotatable bonds is 4. The van der Waals surface area contributed by atoms with Crippen molar-refractivity contribution in [2.75, 3.05) is 0 Å². The molecule has 0 saturated heterocycles. The van der Waals surface area contributed by atoms with Crippen molar-refractivity contribution in [3.05, 3.63) is 0 Å². The van der Waals surface area contributed by atoms with Gasteiger partial charge in [0.1, 0.15) is 0 Å². The third-order valence-electron chi connectivity index (χ3n) is 2.14. The van der Waals surface area contributed by atoms with Crippen LogP contribution in [0.25, 0.3) is 0 Å². The van der Waals surface area contributed by atoms with E-state index in [4.69, 9.17) is 0 Å². The molecule has 0 saturated carbocycles. The van der Waals surface area contributed by atoms with Crippen LogP contribution >= 0.6 is 0 Å². The van der Waals surface area contributed by atoms with Gasteiger partial charge in [-0.3, -0.25) is 0 Å². The van der Waals surface area contributed by atoms with Gasteiger partial charge in [-0.2, -0.15) is 0 Å². The van der Waals surface area contributed by atoms with E-state index in [1.807, 2.05) is 0 Å². The van der Waals surface area contributed by atoms with Crippen molar-refractivity contribution >= 4 is 69.1 Å². The van der Waals surface area contributed by atoms with Crippen LogP contribution in [0, 0.1) is 0 Å². The molecule has 100 valence electrons. The Morgan fingerprint density at radius 3 is 1.00 bits per heavy atom. The van der Waals surface area contributed by atoms with Gasteiger partial charge in [-0.15, -0.1) is 0 Å². The average molecular weight is 412 g/mol. The van der Waals surface area contributed by atoms with E-state index in [1.165, 1.54) is 13.8 Å². The zero-order valence-electron chi connectivity index (χ0n) is 10.5. The fourth-order valence-electron chi connectivity index (χ4n) is 0.408. The van der Waals surface area contributed by atoms with Crippen molar-refractivity contribution in [3.63, 3.8) is 0 Å². The van der Waals surface area contributed by atoms with Crippen LogP contribution < -0.4 is 0 Å². The summed E-state index contributed by atoms with van der Waals surface area (Å²) in [6, 6.07) is 0. The molecule has 9 heteroatoms. The molecule has 2 atom stereocenters. The molecule has 0 amide bonds. The molecule has 0 aliphatic carbocycles. The Balaban J connectivity index is -0.000000218. The van der Waals surface area contributed by atoms with Crippen molar-refractivity contribution in [2.45, 2.75) is 51.0 Å². The maximum Gasteiger partial charge on any atom is 2.00 e. The van der Waals surface area contributed by atoms with Crippen LogP contribution in [0.3, 0.4) is 0 Å². The van der Waals surface area contributed by atoms with Crippen LogP contribution in [-0.2, 0) is 20.2 Å². The Morgan fingerprint density at radius 1 is 0.824 bits per heavy atom. The van der Waals surface area contributed by atoms with Crippen LogP contribution in [0.5, 0.6) is 0 Å². The second-order valence-corrected chi connectivity index (χ2v) is 7.00. The van der Waals surface area contributed by atoms with Crippen molar-refractivity contribution in [1.82, 2.24) is 0 Å². The Hall–Kier alpha value is 1.39. The fourth-order valence-corrected chi connectivity index (χ4v) is 1.22. The van der Waals surface area contributed by atoms with Gasteiger partial charge >= 0.3 is 48.9 Å². The van der Waals surface area contributed by atoms with Gasteiger partial charge in [0.15, 0.2) is 0 Å². The summed E-state index contributed by atoms with van der Waals surface area (Å²) in [5, 5.41) is -1.47. The average Bonchev–Trinajstić information content (AvgIpc) is 2.13. The van der Waals surface area contributed by atoms with Crippen molar-refractivity contribution < 1.29 is 25.9 Å². The van der Waals surface area contributed by atoms with Gasteiger partial charge in [0, 0.05) is 10.5 Å². The third-order valence-corrected chi connectivity index (χ3v) is 4.77. The Labute approximate surface area is 144 Å². The quantitative estimate of drug-likeness (QED) is 0.485. The summed E-state index contributed by atoms with van der Waals surface area (Å²) < 4.78 is 60.0. The molecule has 0 aromatic rings. The van der Waals surface area contributed by atoms with Gasteiger partial charge < -0.3 is 9.11 Å². The van der Waals surface area contributed by atoms with Gasteiger partial charge in [-0.25, -0.2) is 16.8 Å². The predicted molar refractivity (Wildman–Crippen MR) is 64.7 cm³/mol. The summed E-state index contributed by atoms with van der Waals surface area (Å²) in [6.07, 6.45) is 0.789. The molecule has 0 spiro atoms. The van der Waals surface area contributed by atoms with Crippen LogP contribution in [0.4, 0.5) is 0 Å². The third kappa shape index (κ3) is 13.6. The van der Waals surface area contributed by atoms with Gasteiger partial charge in [-0.1, -0.05) is 13.8 Å². The minimum Gasteiger partial charge on any atom is -0.748 e. The van der Waals surface area contributed by atoms with E-state index in [-0.39, 0.29) is 48.9 Å². The van der Waals surface area contributed by atoms with Crippen LogP contribution in [0.2, 0.25) is 0 Å². The molecule has 17 heavy (non-hydrogen) atoms. The van der Waals surface area contributed by atoms with Crippen molar-refractivity contribution in [1.29, 1.82) is 0 Å². The molecule has 0 aliphatic rings. The summed E-state index contributed by atoms with van der Waals surface area (Å²) in [4.78, 5) is 0. The maximum atomic E-state index is 10.0. The molecule has 0 N–H and O–H groups in total. The van der Waals surface area contributed by atoms with Crippen molar-refractivity contribution in [3.8, 4) is 0 Å². The Bertz CT molecular complexity index is 337. The van der Waals surface area contributed by atoms with Crippen LogP contribution in [-0.4, -0.2) is 85.3 Å². The molecule has 0 radical (unpaired) electrons. The first-order valence-electron chi connectivity index (χ1n) is 4.86. The standard InChI is InChI=1S/2C4H10O3S.Ba/c2*1-3-4(2)8(5,6)7;/h2*4H,3H2,1-2H3,(H,5,6,7);/q;;+2/p-2/t2*4-;/m00./s1. The van der Waals surface area contributed by atoms with Gasteiger partial charge in [-0.05, 0) is 26.7 Å². The first kappa shape index (κ1) is 23.5. The van der Waals surface area contributed by atoms with E-state index < -0.39 is 30.7 Å². The molecule has 0 aromatic heterocycles. The van der Waals surface area contributed by atoms with E-state index in [0.29, 0.717) is 12.8 Å². The van der Waals surface area contributed by atoms with Crippen LogP contribution in [0.1, 0.15) is 40.5 Å². The van der Waals surface area contributed by atoms with Gasteiger partial charge in [0.25, 0.3) is 0 Å².